The van der Waals surface area contributed by atoms with Gasteiger partial charge in [-0.2, -0.15) is 0 Å². The molecule has 26 heavy (non-hydrogen) atoms. The van der Waals surface area contributed by atoms with Crippen molar-refractivity contribution >= 4 is 5.97 Å². The number of rotatable bonds is 4. The first-order chi connectivity index (χ1) is 12.7. The van der Waals surface area contributed by atoms with Crippen molar-refractivity contribution < 1.29 is 9.53 Å². The van der Waals surface area contributed by atoms with Crippen LogP contribution in [-0.4, -0.2) is 18.1 Å². The van der Waals surface area contributed by atoms with Crippen LogP contribution in [0.5, 0.6) is 0 Å². The number of cyclic esters (lactones) is 1. The fourth-order valence-electron chi connectivity index (χ4n) is 4.21. The minimum absolute atomic E-state index is 0.337. The molecule has 1 atom stereocenters. The smallest absolute Gasteiger partial charge is 0.327 e. The first kappa shape index (κ1) is 16.6. The standard InChI is InChI=1S/C23H21NO2/c24-22(16-17-26-21(22)25)23(18-10-4-1-5-11-18,19-12-6-2-7-13-19)20-14-8-3-9-15-20/h1-15H,16-17,24H2. The normalized spacial score (nSPS) is 20.0. The average Bonchev–Trinajstić information content (AvgIpc) is 3.04. The van der Waals surface area contributed by atoms with E-state index >= 15 is 0 Å². The van der Waals surface area contributed by atoms with E-state index in [0.717, 1.165) is 16.7 Å². The maximum Gasteiger partial charge on any atom is 0.327 e. The van der Waals surface area contributed by atoms with Gasteiger partial charge in [0.15, 0.2) is 0 Å². The van der Waals surface area contributed by atoms with Gasteiger partial charge in [-0.05, 0) is 16.7 Å². The molecule has 3 aromatic carbocycles. The molecule has 3 heteroatoms. The number of carbonyl (C=O) groups excluding carboxylic acids is 1. The third-order valence-electron chi connectivity index (χ3n) is 5.38. The molecule has 4 rings (SSSR count). The molecule has 1 saturated heterocycles. The summed E-state index contributed by atoms with van der Waals surface area (Å²) in [6, 6.07) is 30.1. The molecule has 3 nitrogen and oxygen atoms in total. The number of esters is 1. The molecule has 0 spiro atoms. The lowest BCUT2D eigenvalue weighted by molar-refractivity contribution is -0.143. The topological polar surface area (TPSA) is 52.3 Å². The number of nitrogens with two attached hydrogens (primary N) is 1. The zero-order valence-electron chi connectivity index (χ0n) is 14.5. The van der Waals surface area contributed by atoms with Crippen molar-refractivity contribution in [1.82, 2.24) is 0 Å². The van der Waals surface area contributed by atoms with Gasteiger partial charge in [-0.25, -0.2) is 4.79 Å². The van der Waals surface area contributed by atoms with Crippen LogP contribution in [0.4, 0.5) is 0 Å². The van der Waals surface area contributed by atoms with Crippen LogP contribution in [0.3, 0.4) is 0 Å². The molecule has 1 unspecified atom stereocenters. The molecule has 0 aliphatic carbocycles. The third-order valence-corrected chi connectivity index (χ3v) is 5.38. The molecule has 1 fully saturated rings. The summed E-state index contributed by atoms with van der Waals surface area (Å²) in [7, 11) is 0. The fourth-order valence-corrected chi connectivity index (χ4v) is 4.21. The van der Waals surface area contributed by atoms with Crippen LogP contribution in [0.2, 0.25) is 0 Å². The van der Waals surface area contributed by atoms with Gasteiger partial charge in [0, 0.05) is 6.42 Å². The molecule has 0 amide bonds. The van der Waals surface area contributed by atoms with Crippen molar-refractivity contribution in [3.8, 4) is 0 Å². The van der Waals surface area contributed by atoms with Gasteiger partial charge in [0.25, 0.3) is 0 Å². The van der Waals surface area contributed by atoms with Gasteiger partial charge in [-0.3, -0.25) is 0 Å². The van der Waals surface area contributed by atoms with E-state index in [9.17, 15) is 4.79 Å². The summed E-state index contributed by atoms with van der Waals surface area (Å²) < 4.78 is 5.38. The zero-order valence-corrected chi connectivity index (χ0v) is 14.5. The molecule has 1 heterocycles. The summed E-state index contributed by atoms with van der Waals surface area (Å²) in [6.07, 6.45) is 0.463. The van der Waals surface area contributed by atoms with Gasteiger partial charge in [0.1, 0.15) is 5.54 Å². The molecular formula is C23H21NO2. The summed E-state index contributed by atoms with van der Waals surface area (Å²) in [5, 5.41) is 0. The largest absolute Gasteiger partial charge is 0.464 e. The van der Waals surface area contributed by atoms with Gasteiger partial charge in [0.2, 0.25) is 0 Å². The maximum atomic E-state index is 12.9. The highest BCUT2D eigenvalue weighted by atomic mass is 16.5. The number of ether oxygens (including phenoxy) is 1. The Labute approximate surface area is 153 Å². The van der Waals surface area contributed by atoms with Gasteiger partial charge < -0.3 is 10.5 Å². The van der Waals surface area contributed by atoms with E-state index in [0.29, 0.717) is 13.0 Å². The molecule has 0 bridgehead atoms. The van der Waals surface area contributed by atoms with E-state index in [-0.39, 0.29) is 5.97 Å². The van der Waals surface area contributed by atoms with Crippen LogP contribution in [0.15, 0.2) is 91.0 Å². The summed E-state index contributed by atoms with van der Waals surface area (Å²) in [5.74, 6) is -0.353. The van der Waals surface area contributed by atoms with Crippen LogP contribution < -0.4 is 5.73 Å². The van der Waals surface area contributed by atoms with E-state index in [1.54, 1.807) is 0 Å². The van der Waals surface area contributed by atoms with Crippen molar-refractivity contribution in [3.63, 3.8) is 0 Å². The Balaban J connectivity index is 2.13. The van der Waals surface area contributed by atoms with E-state index in [1.807, 2.05) is 91.0 Å². The molecule has 0 radical (unpaired) electrons. The van der Waals surface area contributed by atoms with Gasteiger partial charge in [-0.15, -0.1) is 0 Å². The summed E-state index contributed by atoms with van der Waals surface area (Å²) >= 11 is 0. The Kier molecular flexibility index (Phi) is 4.09. The third kappa shape index (κ3) is 2.28. The lowest BCUT2D eigenvalue weighted by atomic mass is 9.57. The second-order valence-electron chi connectivity index (χ2n) is 6.71. The SMILES string of the molecule is NC1(C(c2ccccc2)(c2ccccc2)c2ccccc2)CCOC1=O. The van der Waals surface area contributed by atoms with Crippen LogP contribution in [0, 0.1) is 0 Å². The molecule has 130 valence electrons. The summed E-state index contributed by atoms with van der Waals surface area (Å²) in [5.41, 5.74) is 7.85. The van der Waals surface area contributed by atoms with Gasteiger partial charge in [-0.1, -0.05) is 91.0 Å². The number of carbonyl (C=O) groups is 1. The maximum absolute atomic E-state index is 12.9. The first-order valence-electron chi connectivity index (χ1n) is 8.82. The minimum Gasteiger partial charge on any atom is -0.464 e. The Hall–Kier alpha value is -2.91. The molecule has 1 aliphatic heterocycles. The minimum atomic E-state index is -1.18. The second kappa shape index (κ2) is 6.43. The second-order valence-corrected chi connectivity index (χ2v) is 6.71. The molecule has 0 saturated carbocycles. The van der Waals surface area contributed by atoms with Crippen molar-refractivity contribution in [2.24, 2.45) is 5.73 Å². The van der Waals surface area contributed by atoms with Crippen molar-refractivity contribution in [3.05, 3.63) is 108 Å². The molecule has 2 N–H and O–H groups in total. The predicted molar refractivity (Wildman–Crippen MR) is 102 cm³/mol. The van der Waals surface area contributed by atoms with E-state index < -0.39 is 11.0 Å². The van der Waals surface area contributed by atoms with Crippen LogP contribution in [0.25, 0.3) is 0 Å². The van der Waals surface area contributed by atoms with Crippen molar-refractivity contribution in [1.29, 1.82) is 0 Å². The quantitative estimate of drug-likeness (QED) is 0.581. The fraction of sp³-hybridized carbons (Fsp3) is 0.174. The zero-order chi connectivity index (χ0) is 18.0. The summed E-state index contributed by atoms with van der Waals surface area (Å²) in [6.45, 7) is 0.337. The van der Waals surface area contributed by atoms with E-state index in [1.165, 1.54) is 0 Å². The Morgan fingerprint density at radius 2 is 1.12 bits per heavy atom. The average molecular weight is 343 g/mol. The lowest BCUT2D eigenvalue weighted by Crippen LogP contribution is -2.62. The molecular weight excluding hydrogens is 322 g/mol. The Morgan fingerprint density at radius 3 is 1.42 bits per heavy atom. The Morgan fingerprint density at radius 1 is 0.731 bits per heavy atom. The number of hydrogen-bond donors (Lipinski definition) is 1. The number of hydrogen-bond acceptors (Lipinski definition) is 3. The number of benzene rings is 3. The van der Waals surface area contributed by atoms with Crippen LogP contribution in [0.1, 0.15) is 23.1 Å². The lowest BCUT2D eigenvalue weighted by Gasteiger charge is -2.45. The van der Waals surface area contributed by atoms with Crippen LogP contribution in [-0.2, 0) is 14.9 Å². The highest BCUT2D eigenvalue weighted by Gasteiger charge is 2.60. The molecule has 3 aromatic rings. The first-order valence-corrected chi connectivity index (χ1v) is 8.82. The van der Waals surface area contributed by atoms with Gasteiger partial charge in [0.05, 0.1) is 12.0 Å². The summed E-state index contributed by atoms with van der Waals surface area (Å²) in [4.78, 5) is 12.9. The molecule has 0 aromatic heterocycles. The predicted octanol–water partition coefficient (Wildman–Crippen LogP) is 3.67. The highest BCUT2D eigenvalue weighted by molar-refractivity contribution is 5.88. The Bertz CT molecular complexity index is 797. The molecule has 1 aliphatic rings. The van der Waals surface area contributed by atoms with Crippen molar-refractivity contribution in [2.45, 2.75) is 17.4 Å². The monoisotopic (exact) mass is 343 g/mol. The van der Waals surface area contributed by atoms with Crippen LogP contribution >= 0.6 is 0 Å². The highest BCUT2D eigenvalue weighted by Crippen LogP contribution is 2.49. The van der Waals surface area contributed by atoms with E-state index in [2.05, 4.69) is 0 Å². The van der Waals surface area contributed by atoms with Gasteiger partial charge >= 0.3 is 5.97 Å². The van der Waals surface area contributed by atoms with Crippen molar-refractivity contribution in [2.75, 3.05) is 6.61 Å². The van der Waals surface area contributed by atoms with E-state index in [4.69, 9.17) is 10.5 Å².